The van der Waals surface area contributed by atoms with Crippen LogP contribution < -0.4 is 10.1 Å². The van der Waals surface area contributed by atoms with E-state index in [1.807, 2.05) is 24.3 Å². The van der Waals surface area contributed by atoms with Gasteiger partial charge in [0.25, 0.3) is 0 Å². The van der Waals surface area contributed by atoms with Gasteiger partial charge in [-0.15, -0.1) is 0 Å². The summed E-state index contributed by atoms with van der Waals surface area (Å²) in [6.45, 7) is 0. The summed E-state index contributed by atoms with van der Waals surface area (Å²) in [5.41, 5.74) is 2.41. The van der Waals surface area contributed by atoms with Crippen LogP contribution in [-0.4, -0.2) is 28.0 Å². The van der Waals surface area contributed by atoms with Crippen LogP contribution in [0.15, 0.2) is 61.2 Å². The molecule has 0 aliphatic rings. The Kier molecular flexibility index (Phi) is 4.76. The smallest absolute Gasteiger partial charge is 0.229 e. The fourth-order valence-electron chi connectivity index (χ4n) is 2.30. The van der Waals surface area contributed by atoms with E-state index < -0.39 is 0 Å². The molecule has 120 valence electrons. The standard InChI is InChI=1S/C18H16N4O2/c1-24-16-5-3-2-4-14(16)15-11-17(21-12-20-15)22-18(23)10-13-6-8-19-9-7-13/h2-9,11-12H,10H2,1H3,(H,20,21,22,23). The van der Waals surface area contributed by atoms with Gasteiger partial charge in [-0.3, -0.25) is 9.78 Å². The van der Waals surface area contributed by atoms with Crippen LogP contribution >= 0.6 is 0 Å². The molecule has 24 heavy (non-hydrogen) atoms. The molecule has 6 nitrogen and oxygen atoms in total. The molecule has 1 amide bonds. The summed E-state index contributed by atoms with van der Waals surface area (Å²) >= 11 is 0. The van der Waals surface area contributed by atoms with Gasteiger partial charge in [-0.1, -0.05) is 12.1 Å². The molecule has 0 aliphatic carbocycles. The minimum atomic E-state index is -0.147. The van der Waals surface area contributed by atoms with E-state index in [2.05, 4.69) is 20.3 Å². The van der Waals surface area contributed by atoms with Crippen LogP contribution in [0.3, 0.4) is 0 Å². The van der Waals surface area contributed by atoms with Crippen molar-refractivity contribution in [1.29, 1.82) is 0 Å². The Hall–Kier alpha value is -3.28. The van der Waals surface area contributed by atoms with Crippen LogP contribution in [0, 0.1) is 0 Å². The number of methoxy groups -OCH3 is 1. The lowest BCUT2D eigenvalue weighted by Gasteiger charge is -2.09. The van der Waals surface area contributed by atoms with Crippen molar-refractivity contribution in [3.63, 3.8) is 0 Å². The maximum Gasteiger partial charge on any atom is 0.229 e. The number of hydrogen-bond donors (Lipinski definition) is 1. The van der Waals surface area contributed by atoms with Crippen molar-refractivity contribution in [2.24, 2.45) is 0 Å². The molecule has 0 aliphatic heterocycles. The van der Waals surface area contributed by atoms with Crippen LogP contribution in [0.1, 0.15) is 5.56 Å². The second-order valence-electron chi connectivity index (χ2n) is 5.07. The first kappa shape index (κ1) is 15.6. The summed E-state index contributed by atoms with van der Waals surface area (Å²) in [6.07, 6.45) is 5.00. The number of nitrogens with zero attached hydrogens (tertiary/aromatic N) is 3. The Morgan fingerprint density at radius 1 is 1.12 bits per heavy atom. The third-order valence-electron chi connectivity index (χ3n) is 3.43. The van der Waals surface area contributed by atoms with Crippen LogP contribution in [0.5, 0.6) is 5.75 Å². The van der Waals surface area contributed by atoms with E-state index in [1.165, 1.54) is 6.33 Å². The topological polar surface area (TPSA) is 77.0 Å². The van der Waals surface area contributed by atoms with Gasteiger partial charge in [0.15, 0.2) is 0 Å². The Balaban J connectivity index is 1.77. The first-order valence-electron chi connectivity index (χ1n) is 7.40. The van der Waals surface area contributed by atoms with Crippen LogP contribution in [0.2, 0.25) is 0 Å². The second kappa shape index (κ2) is 7.32. The molecule has 2 aromatic heterocycles. The van der Waals surface area contributed by atoms with Gasteiger partial charge in [-0.25, -0.2) is 9.97 Å². The van der Waals surface area contributed by atoms with Crippen molar-refractivity contribution < 1.29 is 9.53 Å². The zero-order valence-electron chi connectivity index (χ0n) is 13.1. The van der Waals surface area contributed by atoms with Gasteiger partial charge in [-0.2, -0.15) is 0 Å². The highest BCUT2D eigenvalue weighted by Gasteiger charge is 2.09. The zero-order valence-corrected chi connectivity index (χ0v) is 13.1. The molecule has 0 radical (unpaired) electrons. The van der Waals surface area contributed by atoms with Crippen molar-refractivity contribution >= 4 is 11.7 Å². The van der Waals surface area contributed by atoms with E-state index in [0.717, 1.165) is 11.1 Å². The van der Waals surface area contributed by atoms with Crippen molar-refractivity contribution in [1.82, 2.24) is 15.0 Å². The summed E-state index contributed by atoms with van der Waals surface area (Å²) < 4.78 is 5.35. The number of aromatic nitrogens is 3. The number of amides is 1. The average Bonchev–Trinajstić information content (AvgIpc) is 2.62. The maximum atomic E-state index is 12.1. The Morgan fingerprint density at radius 3 is 2.71 bits per heavy atom. The summed E-state index contributed by atoms with van der Waals surface area (Å²) in [7, 11) is 1.61. The van der Waals surface area contributed by atoms with Gasteiger partial charge in [0.05, 0.1) is 19.2 Å². The molecule has 1 aromatic carbocycles. The number of hydrogen-bond acceptors (Lipinski definition) is 5. The molecule has 3 aromatic rings. The number of carbonyl (C=O) groups excluding carboxylic acids is 1. The average molecular weight is 320 g/mol. The largest absolute Gasteiger partial charge is 0.496 e. The molecule has 2 heterocycles. The molecule has 0 atom stereocenters. The third-order valence-corrected chi connectivity index (χ3v) is 3.43. The highest BCUT2D eigenvalue weighted by molar-refractivity contribution is 5.91. The first-order chi connectivity index (χ1) is 11.8. The van der Waals surface area contributed by atoms with E-state index in [1.54, 1.807) is 37.7 Å². The van der Waals surface area contributed by atoms with E-state index >= 15 is 0 Å². The third kappa shape index (κ3) is 3.73. The van der Waals surface area contributed by atoms with Gasteiger partial charge in [-0.05, 0) is 29.8 Å². The second-order valence-corrected chi connectivity index (χ2v) is 5.07. The lowest BCUT2D eigenvalue weighted by atomic mass is 10.1. The Labute approximate surface area is 139 Å². The zero-order chi connectivity index (χ0) is 16.8. The van der Waals surface area contributed by atoms with E-state index in [9.17, 15) is 4.79 Å². The molecule has 0 spiro atoms. The predicted octanol–water partition coefficient (Wildman–Crippen LogP) is 2.73. The van der Waals surface area contributed by atoms with Gasteiger partial charge in [0, 0.05) is 24.0 Å². The van der Waals surface area contributed by atoms with E-state index in [4.69, 9.17) is 4.74 Å². The fraction of sp³-hybridized carbons (Fsp3) is 0.111. The fourth-order valence-corrected chi connectivity index (χ4v) is 2.30. The van der Waals surface area contributed by atoms with Crippen molar-refractivity contribution in [2.45, 2.75) is 6.42 Å². The quantitative estimate of drug-likeness (QED) is 0.782. The molecule has 0 saturated heterocycles. The number of carbonyl (C=O) groups is 1. The number of benzene rings is 1. The Bertz CT molecular complexity index is 837. The molecule has 1 N–H and O–H groups in total. The summed E-state index contributed by atoms with van der Waals surface area (Å²) in [4.78, 5) is 24.4. The number of ether oxygens (including phenoxy) is 1. The van der Waals surface area contributed by atoms with Crippen molar-refractivity contribution in [3.8, 4) is 17.0 Å². The summed E-state index contributed by atoms with van der Waals surface area (Å²) in [6, 6.07) is 12.9. The monoisotopic (exact) mass is 320 g/mol. The first-order valence-corrected chi connectivity index (χ1v) is 7.40. The summed E-state index contributed by atoms with van der Waals surface area (Å²) in [5.74, 6) is 1.01. The lowest BCUT2D eigenvalue weighted by Crippen LogP contribution is -2.15. The lowest BCUT2D eigenvalue weighted by molar-refractivity contribution is -0.115. The maximum absolute atomic E-state index is 12.1. The normalized spacial score (nSPS) is 10.2. The molecule has 0 fully saturated rings. The van der Waals surface area contributed by atoms with Crippen LogP contribution in [0.4, 0.5) is 5.82 Å². The number of rotatable bonds is 5. The van der Waals surface area contributed by atoms with Crippen molar-refractivity contribution in [3.05, 3.63) is 66.7 Å². The minimum Gasteiger partial charge on any atom is -0.496 e. The van der Waals surface area contributed by atoms with Gasteiger partial charge in [0.1, 0.15) is 17.9 Å². The molecular weight excluding hydrogens is 304 g/mol. The van der Waals surface area contributed by atoms with E-state index in [-0.39, 0.29) is 12.3 Å². The minimum absolute atomic E-state index is 0.147. The number of para-hydroxylation sites is 1. The molecule has 3 rings (SSSR count). The molecular formula is C18H16N4O2. The molecule has 6 heteroatoms. The number of pyridine rings is 1. The highest BCUT2D eigenvalue weighted by Crippen LogP contribution is 2.28. The van der Waals surface area contributed by atoms with Crippen molar-refractivity contribution in [2.75, 3.05) is 12.4 Å². The predicted molar refractivity (Wildman–Crippen MR) is 90.6 cm³/mol. The Morgan fingerprint density at radius 2 is 1.92 bits per heavy atom. The van der Waals surface area contributed by atoms with Crippen LogP contribution in [0.25, 0.3) is 11.3 Å². The van der Waals surface area contributed by atoms with E-state index in [0.29, 0.717) is 17.3 Å². The van der Waals surface area contributed by atoms with Gasteiger partial charge in [0.2, 0.25) is 5.91 Å². The molecule has 0 bridgehead atoms. The highest BCUT2D eigenvalue weighted by atomic mass is 16.5. The molecule has 0 unspecified atom stereocenters. The van der Waals surface area contributed by atoms with Gasteiger partial charge < -0.3 is 10.1 Å². The van der Waals surface area contributed by atoms with Gasteiger partial charge >= 0.3 is 0 Å². The molecule has 0 saturated carbocycles. The SMILES string of the molecule is COc1ccccc1-c1cc(NC(=O)Cc2ccncc2)ncn1. The summed E-state index contributed by atoms with van der Waals surface area (Å²) in [5, 5.41) is 2.79. The van der Waals surface area contributed by atoms with Crippen LogP contribution in [-0.2, 0) is 11.2 Å². The number of nitrogens with one attached hydrogen (secondary N) is 1. The number of anilines is 1.